The lowest BCUT2D eigenvalue weighted by atomic mass is 10.0. The summed E-state index contributed by atoms with van der Waals surface area (Å²) in [5, 5.41) is 11.5. The molecule has 3 rings (SSSR count). The molecule has 0 atom stereocenters. The lowest BCUT2D eigenvalue weighted by molar-refractivity contribution is 0.0527. The van der Waals surface area contributed by atoms with Gasteiger partial charge in [0.2, 0.25) is 0 Å². The number of hydrogen-bond acceptors (Lipinski definition) is 4. The van der Waals surface area contributed by atoms with Crippen LogP contribution < -0.4 is 0 Å². The molecule has 0 radical (unpaired) electrons. The summed E-state index contributed by atoms with van der Waals surface area (Å²) >= 11 is 3.48. The van der Waals surface area contributed by atoms with Crippen molar-refractivity contribution in [2.24, 2.45) is 0 Å². The fourth-order valence-electron chi connectivity index (χ4n) is 3.56. The fraction of sp³-hybridized carbons (Fsp3) is 0.318. The van der Waals surface area contributed by atoms with E-state index in [2.05, 4.69) is 32.6 Å². The van der Waals surface area contributed by atoms with Gasteiger partial charge in [-0.05, 0) is 55.5 Å². The molecule has 0 saturated carbocycles. The van der Waals surface area contributed by atoms with E-state index in [1.807, 2.05) is 50.2 Å². The number of ether oxygens (including phenoxy) is 1. The van der Waals surface area contributed by atoms with E-state index in [-0.39, 0.29) is 11.7 Å². The molecule has 0 aliphatic heterocycles. The van der Waals surface area contributed by atoms with Gasteiger partial charge in [-0.3, -0.25) is 0 Å². The number of aromatic hydroxyl groups is 1. The zero-order valence-electron chi connectivity index (χ0n) is 16.6. The average Bonchev–Trinajstić information content (AvgIpc) is 2.92. The van der Waals surface area contributed by atoms with Gasteiger partial charge in [-0.25, -0.2) is 4.79 Å². The van der Waals surface area contributed by atoms with Crippen LogP contribution in [0.1, 0.15) is 34.1 Å². The Labute approximate surface area is 173 Å². The Bertz CT molecular complexity index is 1010. The second kappa shape index (κ2) is 8.37. The maximum Gasteiger partial charge on any atom is 0.340 e. The fourth-order valence-corrected chi connectivity index (χ4v) is 4.02. The summed E-state index contributed by atoms with van der Waals surface area (Å²) in [6.07, 6.45) is 0. The molecular formula is C22H25BrN2O3. The Hall–Kier alpha value is -2.31. The van der Waals surface area contributed by atoms with E-state index in [1.165, 1.54) is 0 Å². The highest BCUT2D eigenvalue weighted by Gasteiger charge is 2.26. The van der Waals surface area contributed by atoms with E-state index in [0.29, 0.717) is 35.3 Å². The summed E-state index contributed by atoms with van der Waals surface area (Å²) in [6.45, 7) is 5.16. The number of phenolic OH excluding ortho intramolecular Hbond substituents is 1. The Morgan fingerprint density at radius 2 is 1.93 bits per heavy atom. The summed E-state index contributed by atoms with van der Waals surface area (Å²) < 4.78 is 8.07. The van der Waals surface area contributed by atoms with Gasteiger partial charge in [-0.15, -0.1) is 0 Å². The molecule has 0 unspecified atom stereocenters. The number of rotatable bonds is 6. The predicted molar refractivity (Wildman–Crippen MR) is 115 cm³/mol. The Morgan fingerprint density at radius 3 is 2.54 bits per heavy atom. The third kappa shape index (κ3) is 3.80. The third-order valence-electron chi connectivity index (χ3n) is 4.78. The maximum absolute atomic E-state index is 12.8. The first-order valence-corrected chi connectivity index (χ1v) is 10.0. The third-order valence-corrected chi connectivity index (χ3v) is 5.38. The number of benzene rings is 2. The van der Waals surface area contributed by atoms with Gasteiger partial charge in [0.25, 0.3) is 0 Å². The van der Waals surface area contributed by atoms with Crippen LogP contribution in [0.4, 0.5) is 0 Å². The largest absolute Gasteiger partial charge is 0.506 e. The molecular weight excluding hydrogens is 420 g/mol. The number of hydrogen-bond donors (Lipinski definition) is 1. The minimum Gasteiger partial charge on any atom is -0.506 e. The van der Waals surface area contributed by atoms with Crippen LogP contribution in [-0.2, 0) is 17.8 Å². The van der Waals surface area contributed by atoms with Crippen molar-refractivity contribution in [3.8, 4) is 5.75 Å². The SMILES string of the molecule is CCOC(=O)c1c(C)n(Cc2ccccc2)c2cc(Br)c(O)c(CN(C)C)c12. The van der Waals surface area contributed by atoms with Gasteiger partial charge in [-0.1, -0.05) is 30.3 Å². The molecule has 0 fully saturated rings. The number of carbonyl (C=O) groups excluding carboxylic acids is 1. The summed E-state index contributed by atoms with van der Waals surface area (Å²) in [5.74, 6) is -0.206. The van der Waals surface area contributed by atoms with Crippen LogP contribution in [0.2, 0.25) is 0 Å². The van der Waals surface area contributed by atoms with E-state index in [9.17, 15) is 9.90 Å². The molecule has 148 valence electrons. The number of esters is 1. The highest BCUT2D eigenvalue weighted by atomic mass is 79.9. The van der Waals surface area contributed by atoms with Gasteiger partial charge in [0, 0.05) is 29.7 Å². The van der Waals surface area contributed by atoms with Crippen molar-refractivity contribution < 1.29 is 14.6 Å². The summed E-state index contributed by atoms with van der Waals surface area (Å²) in [7, 11) is 3.87. The summed E-state index contributed by atoms with van der Waals surface area (Å²) in [4.78, 5) is 14.8. The van der Waals surface area contributed by atoms with Crippen molar-refractivity contribution in [2.75, 3.05) is 20.7 Å². The van der Waals surface area contributed by atoms with Crippen LogP contribution in [0.3, 0.4) is 0 Å². The molecule has 1 heterocycles. The van der Waals surface area contributed by atoms with Gasteiger partial charge in [0.05, 0.1) is 22.2 Å². The molecule has 28 heavy (non-hydrogen) atoms. The van der Waals surface area contributed by atoms with Crippen LogP contribution in [0.25, 0.3) is 10.9 Å². The number of fused-ring (bicyclic) bond motifs is 1. The smallest absolute Gasteiger partial charge is 0.340 e. The predicted octanol–water partition coefficient (Wildman–Crippen LogP) is 4.70. The molecule has 5 nitrogen and oxygen atoms in total. The molecule has 3 aromatic rings. The Kier molecular flexibility index (Phi) is 6.10. The van der Waals surface area contributed by atoms with Gasteiger partial charge < -0.3 is 19.3 Å². The number of halogens is 1. The van der Waals surface area contributed by atoms with Crippen LogP contribution in [-0.4, -0.2) is 41.2 Å². The molecule has 0 aliphatic rings. The van der Waals surface area contributed by atoms with Gasteiger partial charge in [0.15, 0.2) is 0 Å². The second-order valence-electron chi connectivity index (χ2n) is 7.07. The second-order valence-corrected chi connectivity index (χ2v) is 7.92. The minimum atomic E-state index is -0.362. The van der Waals surface area contributed by atoms with Crippen molar-refractivity contribution >= 4 is 32.8 Å². The van der Waals surface area contributed by atoms with Crippen molar-refractivity contribution in [1.82, 2.24) is 9.47 Å². The minimum absolute atomic E-state index is 0.156. The highest BCUT2D eigenvalue weighted by Crippen LogP contribution is 2.40. The first-order chi connectivity index (χ1) is 13.3. The number of aromatic nitrogens is 1. The van der Waals surface area contributed by atoms with E-state index in [1.54, 1.807) is 6.92 Å². The lowest BCUT2D eigenvalue weighted by Gasteiger charge is -2.15. The molecule has 2 aromatic carbocycles. The monoisotopic (exact) mass is 444 g/mol. The number of nitrogens with zero attached hydrogens (tertiary/aromatic N) is 2. The zero-order valence-corrected chi connectivity index (χ0v) is 18.2. The Morgan fingerprint density at radius 1 is 1.25 bits per heavy atom. The van der Waals surface area contributed by atoms with Crippen LogP contribution in [0.5, 0.6) is 5.75 Å². The van der Waals surface area contributed by atoms with E-state index < -0.39 is 0 Å². The lowest BCUT2D eigenvalue weighted by Crippen LogP contribution is -2.12. The van der Waals surface area contributed by atoms with E-state index in [0.717, 1.165) is 22.2 Å². The quantitative estimate of drug-likeness (QED) is 0.559. The molecule has 1 N–H and O–H groups in total. The van der Waals surface area contributed by atoms with Crippen molar-refractivity contribution in [2.45, 2.75) is 26.9 Å². The molecule has 0 aliphatic carbocycles. The zero-order chi connectivity index (χ0) is 20.4. The first-order valence-electron chi connectivity index (χ1n) is 9.24. The first kappa shape index (κ1) is 20.4. The van der Waals surface area contributed by atoms with E-state index >= 15 is 0 Å². The molecule has 0 amide bonds. The van der Waals surface area contributed by atoms with Gasteiger partial charge in [-0.2, -0.15) is 0 Å². The molecule has 0 saturated heterocycles. The maximum atomic E-state index is 12.8. The molecule has 1 aromatic heterocycles. The normalized spacial score (nSPS) is 11.4. The topological polar surface area (TPSA) is 54.7 Å². The summed E-state index contributed by atoms with van der Waals surface area (Å²) in [5.41, 5.74) is 4.09. The summed E-state index contributed by atoms with van der Waals surface area (Å²) in [6, 6.07) is 12.0. The Balaban J connectivity index is 2.33. The standard InChI is InChI=1S/C22H25BrN2O3/c1-5-28-22(27)19-14(2)25(12-15-9-7-6-8-10-15)18-11-17(23)21(26)16(20(18)19)13-24(3)4/h6-11,26H,5,12-13H2,1-4H3. The van der Waals surface area contributed by atoms with Crippen LogP contribution in [0, 0.1) is 6.92 Å². The molecule has 6 heteroatoms. The number of phenols is 1. The van der Waals surface area contributed by atoms with Crippen molar-refractivity contribution in [1.29, 1.82) is 0 Å². The van der Waals surface area contributed by atoms with E-state index in [4.69, 9.17) is 4.74 Å². The molecule has 0 bridgehead atoms. The van der Waals surface area contributed by atoms with Crippen molar-refractivity contribution in [3.05, 3.63) is 63.3 Å². The highest BCUT2D eigenvalue weighted by molar-refractivity contribution is 9.10. The van der Waals surface area contributed by atoms with Crippen LogP contribution >= 0.6 is 15.9 Å². The van der Waals surface area contributed by atoms with Gasteiger partial charge in [0.1, 0.15) is 5.75 Å². The average molecular weight is 445 g/mol. The van der Waals surface area contributed by atoms with Crippen molar-refractivity contribution in [3.63, 3.8) is 0 Å². The van der Waals surface area contributed by atoms with Crippen LogP contribution in [0.15, 0.2) is 40.9 Å². The molecule has 0 spiro atoms. The van der Waals surface area contributed by atoms with Gasteiger partial charge >= 0.3 is 5.97 Å². The number of carbonyl (C=O) groups is 1.